The van der Waals surface area contributed by atoms with Gasteiger partial charge in [-0.2, -0.15) is 10.5 Å². The van der Waals surface area contributed by atoms with Gasteiger partial charge in [-0.3, -0.25) is 0 Å². The van der Waals surface area contributed by atoms with Gasteiger partial charge in [-0.1, -0.05) is 63.8 Å². The van der Waals surface area contributed by atoms with Crippen LogP contribution in [-0.2, 0) is 0 Å². The van der Waals surface area contributed by atoms with Crippen LogP contribution >= 0.6 is 0 Å². The molecule has 1 aliphatic rings. The lowest BCUT2D eigenvalue weighted by Crippen LogP contribution is -2.47. The lowest BCUT2D eigenvalue weighted by Gasteiger charge is -2.27. The van der Waals surface area contributed by atoms with Crippen molar-refractivity contribution in [1.82, 2.24) is 10.6 Å². The minimum absolute atomic E-state index is 0.171. The van der Waals surface area contributed by atoms with Crippen LogP contribution in [0, 0.1) is 28.6 Å². The summed E-state index contributed by atoms with van der Waals surface area (Å²) >= 11 is 0. The maximum Gasteiger partial charge on any atom is 0.136 e. The molecule has 0 aromatic carbocycles. The van der Waals surface area contributed by atoms with Gasteiger partial charge in [-0.05, 0) is 25.9 Å². The molecular formula is C20H30N4. The molecule has 0 fully saturated rings. The smallest absolute Gasteiger partial charge is 0.136 e. The summed E-state index contributed by atoms with van der Waals surface area (Å²) in [6.07, 6.45) is 15.4. The molecule has 0 amide bonds. The minimum atomic E-state index is 0.171. The summed E-state index contributed by atoms with van der Waals surface area (Å²) in [5, 5.41) is 25.2. The largest absolute Gasteiger partial charge is 0.301 e. The molecule has 0 unspecified atom stereocenters. The van der Waals surface area contributed by atoms with Gasteiger partial charge in [0.15, 0.2) is 0 Å². The molecule has 130 valence electrons. The number of nitrogens with zero attached hydrogens (tertiary/aromatic N) is 2. The standard InChI is InChI=1S/C20H30N4/c1-3-5-7-13-23-20(24-14-8-6-4-2)18-11-9-17(10-12-18)19(15-21)16-22/h9-12,18,20,23-24H,3-8,13-14H2,1-2H3. The van der Waals surface area contributed by atoms with E-state index in [-0.39, 0.29) is 17.7 Å². The van der Waals surface area contributed by atoms with Crippen LogP contribution in [0.5, 0.6) is 0 Å². The maximum atomic E-state index is 8.96. The topological polar surface area (TPSA) is 71.6 Å². The molecule has 24 heavy (non-hydrogen) atoms. The molecule has 0 atom stereocenters. The van der Waals surface area contributed by atoms with E-state index in [1.807, 2.05) is 24.3 Å². The Labute approximate surface area is 146 Å². The fourth-order valence-corrected chi connectivity index (χ4v) is 2.70. The molecule has 1 aliphatic carbocycles. The molecule has 2 N–H and O–H groups in total. The summed E-state index contributed by atoms with van der Waals surface area (Å²) in [5.41, 5.74) is 0.872. The van der Waals surface area contributed by atoms with E-state index in [2.05, 4.69) is 36.6 Å². The van der Waals surface area contributed by atoms with E-state index in [4.69, 9.17) is 10.5 Å². The number of hydrogen-bond acceptors (Lipinski definition) is 4. The second kappa shape index (κ2) is 12.5. The molecule has 0 saturated heterocycles. The van der Waals surface area contributed by atoms with Crippen LogP contribution in [0.15, 0.2) is 35.5 Å². The number of hydrogen-bond donors (Lipinski definition) is 2. The molecule has 0 aliphatic heterocycles. The molecule has 0 radical (unpaired) electrons. The van der Waals surface area contributed by atoms with Crippen molar-refractivity contribution in [3.63, 3.8) is 0 Å². The van der Waals surface area contributed by atoms with Crippen molar-refractivity contribution >= 4 is 0 Å². The van der Waals surface area contributed by atoms with Crippen molar-refractivity contribution in [3.8, 4) is 12.1 Å². The van der Waals surface area contributed by atoms with Crippen LogP contribution in [0.4, 0.5) is 0 Å². The van der Waals surface area contributed by atoms with Crippen LogP contribution in [0.1, 0.15) is 52.4 Å². The molecule has 4 nitrogen and oxygen atoms in total. The highest BCUT2D eigenvalue weighted by molar-refractivity contribution is 5.51. The van der Waals surface area contributed by atoms with E-state index in [0.29, 0.717) is 5.57 Å². The first-order valence-electron chi connectivity index (χ1n) is 9.14. The SMILES string of the molecule is CCCCCNC(NCCCCC)C1C=CC(=C(C#N)C#N)C=C1. The van der Waals surface area contributed by atoms with Crippen LogP contribution < -0.4 is 10.6 Å². The molecule has 0 bridgehead atoms. The maximum absolute atomic E-state index is 8.96. The zero-order valence-electron chi connectivity index (χ0n) is 15.0. The van der Waals surface area contributed by atoms with Crippen LogP contribution in [0.25, 0.3) is 0 Å². The highest BCUT2D eigenvalue weighted by Crippen LogP contribution is 2.19. The fourth-order valence-electron chi connectivity index (χ4n) is 2.70. The van der Waals surface area contributed by atoms with E-state index in [1.54, 1.807) is 0 Å². The van der Waals surface area contributed by atoms with Gasteiger partial charge in [0.1, 0.15) is 17.7 Å². The summed E-state index contributed by atoms with van der Waals surface area (Å²) < 4.78 is 0. The van der Waals surface area contributed by atoms with Gasteiger partial charge in [-0.25, -0.2) is 0 Å². The van der Waals surface area contributed by atoms with Gasteiger partial charge >= 0.3 is 0 Å². The third-order valence-corrected chi connectivity index (χ3v) is 4.18. The van der Waals surface area contributed by atoms with Gasteiger partial charge in [0.25, 0.3) is 0 Å². The summed E-state index contributed by atoms with van der Waals surface area (Å²) in [7, 11) is 0. The molecule has 0 spiro atoms. The zero-order chi connectivity index (χ0) is 17.6. The van der Waals surface area contributed by atoms with Crippen LogP contribution in [-0.4, -0.2) is 19.3 Å². The Balaban J connectivity index is 2.64. The summed E-state index contributed by atoms with van der Waals surface area (Å²) in [6, 6.07) is 3.89. The first-order chi connectivity index (χ1) is 11.8. The Morgan fingerprint density at radius 2 is 1.46 bits per heavy atom. The van der Waals surface area contributed by atoms with E-state index in [0.717, 1.165) is 13.1 Å². The highest BCUT2D eigenvalue weighted by atomic mass is 15.1. The average Bonchev–Trinajstić information content (AvgIpc) is 2.62. The number of unbranched alkanes of at least 4 members (excludes halogenated alkanes) is 4. The molecule has 0 aromatic rings. The lowest BCUT2D eigenvalue weighted by molar-refractivity contribution is 0.370. The number of rotatable bonds is 11. The third-order valence-electron chi connectivity index (χ3n) is 4.18. The van der Waals surface area contributed by atoms with Gasteiger partial charge in [0, 0.05) is 11.5 Å². The predicted molar refractivity (Wildman–Crippen MR) is 98.9 cm³/mol. The Morgan fingerprint density at radius 1 is 0.958 bits per heavy atom. The Kier molecular flexibility index (Phi) is 10.5. The Morgan fingerprint density at radius 3 is 1.88 bits per heavy atom. The molecule has 0 heterocycles. The number of nitriles is 2. The van der Waals surface area contributed by atoms with Crippen LogP contribution in [0.3, 0.4) is 0 Å². The molecule has 4 heteroatoms. The quantitative estimate of drug-likeness (QED) is 0.342. The van der Waals surface area contributed by atoms with Gasteiger partial charge in [-0.15, -0.1) is 0 Å². The second-order valence-corrected chi connectivity index (χ2v) is 6.15. The van der Waals surface area contributed by atoms with Gasteiger partial charge < -0.3 is 10.6 Å². The van der Waals surface area contributed by atoms with Gasteiger partial charge in [0.05, 0.1) is 6.17 Å². The number of nitrogens with one attached hydrogen (secondary N) is 2. The van der Waals surface area contributed by atoms with E-state index >= 15 is 0 Å². The molecule has 1 rings (SSSR count). The van der Waals surface area contributed by atoms with Crippen molar-refractivity contribution in [2.24, 2.45) is 5.92 Å². The average molecular weight is 326 g/mol. The molecule has 0 saturated carbocycles. The summed E-state index contributed by atoms with van der Waals surface area (Å²) in [5.74, 6) is 0.232. The molecular weight excluding hydrogens is 296 g/mol. The normalized spacial score (nSPS) is 16.2. The second-order valence-electron chi connectivity index (χ2n) is 6.15. The van der Waals surface area contributed by atoms with E-state index < -0.39 is 0 Å². The zero-order valence-corrected chi connectivity index (χ0v) is 15.0. The predicted octanol–water partition coefficient (Wildman–Crippen LogP) is 3.96. The van der Waals surface area contributed by atoms with Crippen LogP contribution in [0.2, 0.25) is 0 Å². The first kappa shape index (κ1) is 20.2. The van der Waals surface area contributed by atoms with E-state index in [1.165, 1.54) is 38.5 Å². The van der Waals surface area contributed by atoms with Crippen molar-refractivity contribution in [2.45, 2.75) is 58.5 Å². The third kappa shape index (κ3) is 7.13. The lowest BCUT2D eigenvalue weighted by atomic mass is 9.95. The number of allylic oxidation sites excluding steroid dienone is 4. The van der Waals surface area contributed by atoms with Crippen molar-refractivity contribution in [1.29, 1.82) is 10.5 Å². The fraction of sp³-hybridized carbons (Fsp3) is 0.600. The Hall–Kier alpha value is -1.88. The first-order valence-corrected chi connectivity index (χ1v) is 9.14. The molecule has 0 aromatic heterocycles. The summed E-state index contributed by atoms with van der Waals surface area (Å²) in [4.78, 5) is 0. The van der Waals surface area contributed by atoms with E-state index in [9.17, 15) is 0 Å². The van der Waals surface area contributed by atoms with Crippen molar-refractivity contribution < 1.29 is 0 Å². The monoisotopic (exact) mass is 326 g/mol. The minimum Gasteiger partial charge on any atom is -0.301 e. The van der Waals surface area contributed by atoms with Gasteiger partial charge in [0.2, 0.25) is 0 Å². The van der Waals surface area contributed by atoms with Crippen molar-refractivity contribution in [2.75, 3.05) is 13.1 Å². The highest BCUT2D eigenvalue weighted by Gasteiger charge is 2.18. The summed E-state index contributed by atoms with van der Waals surface area (Å²) in [6.45, 7) is 6.43. The van der Waals surface area contributed by atoms with Crippen molar-refractivity contribution in [3.05, 3.63) is 35.5 Å². The Bertz CT molecular complexity index is 487.